The van der Waals surface area contributed by atoms with Gasteiger partial charge in [-0.2, -0.15) is 18.4 Å². The van der Waals surface area contributed by atoms with Gasteiger partial charge in [-0.1, -0.05) is 63.5 Å². The van der Waals surface area contributed by atoms with Crippen molar-refractivity contribution in [3.63, 3.8) is 0 Å². The van der Waals surface area contributed by atoms with Crippen molar-refractivity contribution >= 4 is 35.1 Å². The summed E-state index contributed by atoms with van der Waals surface area (Å²) in [7, 11) is 0. The van der Waals surface area contributed by atoms with Crippen LogP contribution in [0.2, 0.25) is 10.0 Å². The molecule has 0 aliphatic carbocycles. The molecule has 1 aliphatic rings. The number of carboxylic acid groups (broad SMARTS) is 2. The maximum atomic E-state index is 15.1. The van der Waals surface area contributed by atoms with E-state index in [1.165, 1.54) is 24.4 Å². The molecule has 0 radical (unpaired) electrons. The molecule has 1 fully saturated rings. The summed E-state index contributed by atoms with van der Waals surface area (Å²) in [6, 6.07) is 5.06. The Bertz CT molecular complexity index is 1260. The van der Waals surface area contributed by atoms with Gasteiger partial charge in [-0.25, -0.2) is 13.6 Å². The van der Waals surface area contributed by atoms with Crippen LogP contribution < -0.4 is 5.32 Å². The van der Waals surface area contributed by atoms with Gasteiger partial charge in [0.2, 0.25) is 0 Å². The van der Waals surface area contributed by atoms with Gasteiger partial charge in [0.05, 0.1) is 21.8 Å². The van der Waals surface area contributed by atoms with Crippen LogP contribution in [-0.2, 0) is 15.0 Å². The van der Waals surface area contributed by atoms with E-state index in [1.54, 1.807) is 0 Å². The van der Waals surface area contributed by atoms with Gasteiger partial charge in [0.1, 0.15) is 23.1 Å². The van der Waals surface area contributed by atoms with Crippen LogP contribution in [0.15, 0.2) is 30.5 Å². The minimum atomic E-state index is -5.08. The van der Waals surface area contributed by atoms with Gasteiger partial charge in [0, 0.05) is 18.2 Å². The van der Waals surface area contributed by atoms with Crippen molar-refractivity contribution in [2.45, 2.75) is 64.2 Å². The molecule has 1 aromatic carbocycles. The van der Waals surface area contributed by atoms with E-state index in [9.17, 15) is 28.3 Å². The van der Waals surface area contributed by atoms with Crippen LogP contribution in [0.1, 0.15) is 51.8 Å². The largest absolute Gasteiger partial charge is 0.490 e. The first-order valence-electron chi connectivity index (χ1n) is 10.8. The molecule has 39 heavy (non-hydrogen) atoms. The Kier molecular flexibility index (Phi) is 10.9. The maximum absolute atomic E-state index is 15.1. The summed E-state index contributed by atoms with van der Waals surface area (Å²) < 4.78 is 62.0. The average Bonchev–Trinajstić information content (AvgIpc) is 3.08. The Morgan fingerprint density at radius 2 is 1.74 bits per heavy atom. The Hall–Kier alpha value is -3.01. The second kappa shape index (κ2) is 12.4. The first-order valence-corrected chi connectivity index (χ1v) is 11.6. The summed E-state index contributed by atoms with van der Waals surface area (Å²) >= 11 is 11.8. The fourth-order valence-corrected chi connectivity index (χ4v) is 4.71. The highest BCUT2D eigenvalue weighted by atomic mass is 35.5. The van der Waals surface area contributed by atoms with Crippen LogP contribution >= 0.6 is 23.2 Å². The molecule has 1 aliphatic heterocycles. The fraction of sp³-hybridized carbons (Fsp3) is 0.440. The van der Waals surface area contributed by atoms with E-state index in [0.717, 1.165) is 6.07 Å². The number of carboxylic acids is 2. The standard InChI is InChI=1S/C22H21Cl2F2N3O2.C2HF3O2.CH4/c1-21(2,3)8-15-22(10-27,19-14(25)7-11(23)9-28-19)16(18(29-15)20(30)31)12-5-4-6-13(24)17(12)26;3-2(4,5)1(6)7;/h4-7,9,15-16,18,29H,8H2,1-3H3,(H,30,31);(H,6,7);1H4/t15-,16-,18+,22-;;/m0../s1. The zero-order valence-electron chi connectivity index (χ0n) is 20.1. The molecule has 0 spiro atoms. The summed E-state index contributed by atoms with van der Waals surface area (Å²) in [6.07, 6.45) is -3.60. The lowest BCUT2D eigenvalue weighted by molar-refractivity contribution is -0.192. The second-order valence-electron chi connectivity index (χ2n) is 9.69. The van der Waals surface area contributed by atoms with Crippen LogP contribution in [0.3, 0.4) is 0 Å². The summed E-state index contributed by atoms with van der Waals surface area (Å²) in [5.74, 6) is -7.08. The van der Waals surface area contributed by atoms with Gasteiger partial charge in [-0.3, -0.25) is 15.1 Å². The van der Waals surface area contributed by atoms with Gasteiger partial charge in [-0.05, 0) is 29.5 Å². The van der Waals surface area contributed by atoms with E-state index in [1.807, 2.05) is 20.8 Å². The van der Waals surface area contributed by atoms with Crippen LogP contribution in [0, 0.1) is 28.4 Å². The molecule has 2 heterocycles. The monoisotopic (exact) mass is 597 g/mol. The molecule has 2 aromatic rings. The number of pyridine rings is 1. The van der Waals surface area contributed by atoms with Crippen LogP contribution in [0.5, 0.6) is 0 Å². The Labute approximate surface area is 231 Å². The van der Waals surface area contributed by atoms with Gasteiger partial charge >= 0.3 is 18.1 Å². The fourth-order valence-electron chi connectivity index (χ4n) is 4.39. The number of halogens is 7. The van der Waals surface area contributed by atoms with Crippen molar-refractivity contribution in [1.29, 1.82) is 5.26 Å². The van der Waals surface area contributed by atoms with E-state index in [4.69, 9.17) is 33.1 Å². The van der Waals surface area contributed by atoms with Crippen molar-refractivity contribution in [3.05, 3.63) is 63.4 Å². The first kappa shape index (κ1) is 34.0. The lowest BCUT2D eigenvalue weighted by atomic mass is 9.64. The van der Waals surface area contributed by atoms with Crippen LogP contribution in [-0.4, -0.2) is 45.4 Å². The number of aliphatic carboxylic acids is 2. The highest BCUT2D eigenvalue weighted by molar-refractivity contribution is 6.31. The predicted molar refractivity (Wildman–Crippen MR) is 133 cm³/mol. The molecule has 0 amide bonds. The molecule has 214 valence electrons. The van der Waals surface area contributed by atoms with Gasteiger partial charge in [0.25, 0.3) is 0 Å². The number of alkyl halides is 3. The molecular formula is C25H26Cl2F5N3O4. The normalized spacial score (nSPS) is 22.6. The van der Waals surface area contributed by atoms with Crippen molar-refractivity contribution in [2.75, 3.05) is 0 Å². The zero-order chi connectivity index (χ0) is 29.2. The lowest BCUT2D eigenvalue weighted by Gasteiger charge is -2.36. The van der Waals surface area contributed by atoms with Crippen LogP contribution in [0.25, 0.3) is 0 Å². The molecule has 3 N–H and O–H groups in total. The molecule has 3 rings (SSSR count). The SMILES string of the molecule is C.CC(C)(C)C[C@@H]1N[C@@H](C(=O)O)[C@H](c2cccc(Cl)c2F)[C@@]1(C#N)c1ncc(Cl)cc1F.O=C(O)C(F)(F)F. The van der Waals surface area contributed by atoms with Gasteiger partial charge in [0.15, 0.2) is 0 Å². The number of rotatable bonds is 4. The molecule has 1 saturated heterocycles. The predicted octanol–water partition coefficient (Wildman–Crippen LogP) is 6.34. The average molecular weight is 598 g/mol. The molecule has 7 nitrogen and oxygen atoms in total. The summed E-state index contributed by atoms with van der Waals surface area (Å²) in [5, 5.41) is 30.3. The third kappa shape index (κ3) is 7.35. The maximum Gasteiger partial charge on any atom is 0.490 e. The van der Waals surface area contributed by atoms with E-state index in [0.29, 0.717) is 6.42 Å². The first-order chi connectivity index (χ1) is 17.4. The number of nitrogens with zero attached hydrogens (tertiary/aromatic N) is 2. The quantitative estimate of drug-likeness (QED) is 0.351. The van der Waals surface area contributed by atoms with Crippen molar-refractivity contribution in [2.24, 2.45) is 5.41 Å². The highest BCUT2D eigenvalue weighted by Gasteiger charge is 2.62. The number of nitriles is 1. The van der Waals surface area contributed by atoms with Crippen molar-refractivity contribution in [1.82, 2.24) is 10.3 Å². The van der Waals surface area contributed by atoms with Crippen molar-refractivity contribution < 1.29 is 41.8 Å². The third-order valence-electron chi connectivity index (χ3n) is 5.78. The topological polar surface area (TPSA) is 123 Å². The molecule has 4 atom stereocenters. The second-order valence-corrected chi connectivity index (χ2v) is 10.5. The number of hydrogen-bond donors (Lipinski definition) is 3. The Morgan fingerprint density at radius 3 is 2.18 bits per heavy atom. The molecule has 1 aromatic heterocycles. The van der Waals surface area contributed by atoms with Gasteiger partial charge in [-0.15, -0.1) is 0 Å². The minimum Gasteiger partial charge on any atom is -0.480 e. The third-order valence-corrected chi connectivity index (χ3v) is 6.28. The van der Waals surface area contributed by atoms with E-state index >= 15 is 8.78 Å². The van der Waals surface area contributed by atoms with E-state index < -0.39 is 53.2 Å². The number of aromatic nitrogens is 1. The van der Waals surface area contributed by atoms with Crippen molar-refractivity contribution in [3.8, 4) is 6.07 Å². The molecule has 14 heteroatoms. The number of carbonyl (C=O) groups is 2. The number of nitrogens with one attached hydrogen (secondary N) is 1. The molecule has 0 unspecified atom stereocenters. The number of benzene rings is 1. The van der Waals surface area contributed by atoms with Gasteiger partial charge < -0.3 is 10.2 Å². The Morgan fingerprint density at radius 1 is 1.18 bits per heavy atom. The molecular weight excluding hydrogens is 572 g/mol. The molecule has 0 bridgehead atoms. The summed E-state index contributed by atoms with van der Waals surface area (Å²) in [5.41, 5.74) is -2.58. The smallest absolute Gasteiger partial charge is 0.480 e. The zero-order valence-corrected chi connectivity index (χ0v) is 21.6. The highest BCUT2D eigenvalue weighted by Crippen LogP contribution is 2.52. The van der Waals surface area contributed by atoms with E-state index in [-0.39, 0.29) is 34.1 Å². The Balaban J connectivity index is 0.000000841. The lowest BCUT2D eigenvalue weighted by Crippen LogP contribution is -2.45. The minimum absolute atomic E-state index is 0. The van der Waals surface area contributed by atoms with E-state index in [2.05, 4.69) is 16.4 Å². The van der Waals surface area contributed by atoms with Crippen LogP contribution in [0.4, 0.5) is 22.0 Å². The molecule has 0 saturated carbocycles. The summed E-state index contributed by atoms with van der Waals surface area (Å²) in [4.78, 5) is 25.2. The number of hydrogen-bond acceptors (Lipinski definition) is 5. The summed E-state index contributed by atoms with van der Waals surface area (Å²) in [6.45, 7) is 5.72.